The van der Waals surface area contributed by atoms with Crippen LogP contribution >= 0.6 is 27.3 Å². The molecule has 1 aliphatic rings. The molecule has 1 aromatic heterocycles. The number of nitrogens with one attached hydrogen (secondary N) is 1. The topological polar surface area (TPSA) is 92.7 Å². The molecule has 0 amide bonds. The number of thiophene rings is 1. The van der Waals surface area contributed by atoms with E-state index in [9.17, 15) is 18.3 Å². The number of carboxylic acid groups (broad SMARTS) is 1. The number of aliphatic carboxylic acids is 1. The first kappa shape index (κ1) is 15.9. The lowest BCUT2D eigenvalue weighted by atomic mass is 9.92. The fourth-order valence-corrected chi connectivity index (χ4v) is 5.92. The minimum absolute atomic E-state index is 0.112. The van der Waals surface area contributed by atoms with E-state index in [1.807, 2.05) is 0 Å². The summed E-state index contributed by atoms with van der Waals surface area (Å²) in [6, 6.07) is 1.48. The van der Waals surface area contributed by atoms with E-state index in [0.717, 1.165) is 0 Å². The van der Waals surface area contributed by atoms with E-state index >= 15 is 0 Å². The highest BCUT2D eigenvalue weighted by Crippen LogP contribution is 2.31. The van der Waals surface area contributed by atoms with Gasteiger partial charge in [0.1, 0.15) is 5.54 Å². The minimum Gasteiger partial charge on any atom is -0.480 e. The number of ether oxygens (including phenoxy) is 1. The summed E-state index contributed by atoms with van der Waals surface area (Å²) in [5, 5.41) is 9.38. The molecule has 0 atom stereocenters. The molecular formula is C11H14BrNO5S2. The highest BCUT2D eigenvalue weighted by Gasteiger charge is 2.44. The first-order valence-corrected chi connectivity index (χ1v) is 8.97. The molecule has 2 N–H and O–H groups in total. The molecule has 0 aromatic carbocycles. The zero-order valence-electron chi connectivity index (χ0n) is 10.7. The van der Waals surface area contributed by atoms with Gasteiger partial charge in [0.15, 0.2) is 0 Å². The van der Waals surface area contributed by atoms with Gasteiger partial charge in [-0.3, -0.25) is 4.79 Å². The fourth-order valence-electron chi connectivity index (χ4n) is 2.09. The van der Waals surface area contributed by atoms with Gasteiger partial charge in [-0.05, 0) is 28.9 Å². The summed E-state index contributed by atoms with van der Waals surface area (Å²) in [5.74, 6) is -1.17. The third-order valence-corrected chi connectivity index (χ3v) is 6.56. The molecule has 0 radical (unpaired) electrons. The predicted octanol–water partition coefficient (Wildman–Crippen LogP) is 1.73. The van der Waals surface area contributed by atoms with Crippen molar-refractivity contribution < 1.29 is 23.1 Å². The Balaban J connectivity index is 2.35. The van der Waals surface area contributed by atoms with Crippen LogP contribution in [-0.2, 0) is 19.6 Å². The Bertz CT molecular complexity index is 619. The third-order valence-electron chi connectivity index (χ3n) is 3.22. The van der Waals surface area contributed by atoms with Crippen molar-refractivity contribution in [3.05, 3.63) is 14.7 Å². The van der Waals surface area contributed by atoms with Gasteiger partial charge in [-0.25, -0.2) is 8.42 Å². The molecule has 9 heteroatoms. The van der Waals surface area contributed by atoms with Crippen molar-refractivity contribution in [2.45, 2.75) is 30.2 Å². The van der Waals surface area contributed by atoms with Gasteiger partial charge in [0.2, 0.25) is 10.0 Å². The number of hydrogen-bond acceptors (Lipinski definition) is 5. The molecule has 2 heterocycles. The van der Waals surface area contributed by atoms with Gasteiger partial charge in [0.05, 0.1) is 8.68 Å². The van der Waals surface area contributed by atoms with Crippen LogP contribution in [0.4, 0.5) is 0 Å². The van der Waals surface area contributed by atoms with Crippen LogP contribution < -0.4 is 4.72 Å². The van der Waals surface area contributed by atoms with Gasteiger partial charge in [0, 0.05) is 30.9 Å². The molecule has 6 nitrogen and oxygen atoms in total. The lowest BCUT2D eigenvalue weighted by molar-refractivity contribution is -0.147. The summed E-state index contributed by atoms with van der Waals surface area (Å²) in [5.41, 5.74) is -1.49. The van der Waals surface area contributed by atoms with Gasteiger partial charge < -0.3 is 9.84 Å². The average molecular weight is 384 g/mol. The molecule has 0 aliphatic carbocycles. The molecule has 112 valence electrons. The number of carbonyl (C=O) groups is 1. The highest BCUT2D eigenvalue weighted by atomic mass is 79.9. The Morgan fingerprint density at radius 1 is 1.50 bits per heavy atom. The van der Waals surface area contributed by atoms with Crippen molar-refractivity contribution in [2.75, 3.05) is 13.2 Å². The zero-order chi connectivity index (χ0) is 15.0. The van der Waals surface area contributed by atoms with Crippen molar-refractivity contribution in [3.8, 4) is 0 Å². The Labute approximate surface area is 129 Å². The largest absolute Gasteiger partial charge is 0.480 e. The predicted molar refractivity (Wildman–Crippen MR) is 77.5 cm³/mol. The van der Waals surface area contributed by atoms with Crippen LogP contribution in [-0.4, -0.2) is 38.2 Å². The molecule has 1 fully saturated rings. The molecule has 0 spiro atoms. The van der Waals surface area contributed by atoms with E-state index in [1.54, 1.807) is 6.92 Å². The maximum absolute atomic E-state index is 12.4. The number of halogens is 1. The summed E-state index contributed by atoms with van der Waals surface area (Å²) >= 11 is 4.52. The molecule has 1 aliphatic heterocycles. The summed E-state index contributed by atoms with van der Waals surface area (Å²) in [6.07, 6.45) is 0.234. The van der Waals surface area contributed by atoms with E-state index < -0.39 is 21.5 Å². The van der Waals surface area contributed by atoms with E-state index in [1.165, 1.54) is 17.4 Å². The monoisotopic (exact) mass is 383 g/mol. The molecule has 1 saturated heterocycles. The standard InChI is InChI=1S/C11H14BrNO5S2/c1-7-8(6-9(12)19-7)20(16,17)13-11(10(14)15)2-4-18-5-3-11/h6,13H,2-5H2,1H3,(H,14,15). The molecule has 0 saturated carbocycles. The van der Waals surface area contributed by atoms with Crippen LogP contribution in [0.1, 0.15) is 17.7 Å². The lowest BCUT2D eigenvalue weighted by Crippen LogP contribution is -2.57. The summed E-state index contributed by atoms with van der Waals surface area (Å²) in [4.78, 5) is 12.2. The van der Waals surface area contributed by atoms with Gasteiger partial charge in [0.25, 0.3) is 0 Å². The number of hydrogen-bond donors (Lipinski definition) is 2. The average Bonchev–Trinajstić information content (AvgIpc) is 2.70. The number of rotatable bonds is 4. The Morgan fingerprint density at radius 3 is 2.55 bits per heavy atom. The number of sulfonamides is 1. The second-order valence-electron chi connectivity index (χ2n) is 4.58. The maximum atomic E-state index is 12.4. The van der Waals surface area contributed by atoms with Crippen molar-refractivity contribution in [2.24, 2.45) is 0 Å². The molecule has 1 aromatic rings. The first-order valence-electron chi connectivity index (χ1n) is 5.88. The van der Waals surface area contributed by atoms with E-state index in [4.69, 9.17) is 4.74 Å². The van der Waals surface area contributed by atoms with E-state index in [2.05, 4.69) is 20.7 Å². The Morgan fingerprint density at radius 2 is 2.10 bits per heavy atom. The van der Waals surface area contributed by atoms with Gasteiger partial charge in [-0.1, -0.05) is 0 Å². The molecule has 20 heavy (non-hydrogen) atoms. The maximum Gasteiger partial charge on any atom is 0.325 e. The second kappa shape index (κ2) is 5.72. The van der Waals surface area contributed by atoms with Crippen molar-refractivity contribution in [3.63, 3.8) is 0 Å². The summed E-state index contributed by atoms with van der Waals surface area (Å²) < 4.78 is 33.0. The summed E-state index contributed by atoms with van der Waals surface area (Å²) in [6.45, 7) is 2.13. The molecule has 2 rings (SSSR count). The SMILES string of the molecule is Cc1sc(Br)cc1S(=O)(=O)NC1(C(=O)O)CCOCC1. The van der Waals surface area contributed by atoms with E-state index in [0.29, 0.717) is 8.66 Å². The lowest BCUT2D eigenvalue weighted by Gasteiger charge is -2.33. The summed E-state index contributed by atoms with van der Waals surface area (Å²) in [7, 11) is -3.88. The normalized spacial score (nSPS) is 18.9. The minimum atomic E-state index is -3.88. The fraction of sp³-hybridized carbons (Fsp3) is 0.545. The van der Waals surface area contributed by atoms with Crippen LogP contribution in [0.3, 0.4) is 0 Å². The van der Waals surface area contributed by atoms with Crippen LogP contribution in [0, 0.1) is 6.92 Å². The number of carboxylic acids is 1. The second-order valence-corrected chi connectivity index (χ2v) is 8.86. The quantitative estimate of drug-likeness (QED) is 0.825. The van der Waals surface area contributed by atoms with Crippen molar-refractivity contribution in [1.29, 1.82) is 0 Å². The Hall–Kier alpha value is -0.480. The Kier molecular flexibility index (Phi) is 4.55. The third kappa shape index (κ3) is 3.06. The van der Waals surface area contributed by atoms with Gasteiger partial charge in [-0.15, -0.1) is 11.3 Å². The highest BCUT2D eigenvalue weighted by molar-refractivity contribution is 9.11. The molecule has 0 unspecified atom stereocenters. The van der Waals surface area contributed by atoms with Crippen LogP contribution in [0.25, 0.3) is 0 Å². The molecule has 0 bridgehead atoms. The number of aryl methyl sites for hydroxylation is 1. The van der Waals surface area contributed by atoms with Crippen LogP contribution in [0.5, 0.6) is 0 Å². The first-order chi connectivity index (χ1) is 9.27. The van der Waals surface area contributed by atoms with Gasteiger partial charge >= 0.3 is 5.97 Å². The van der Waals surface area contributed by atoms with Gasteiger partial charge in [-0.2, -0.15) is 4.72 Å². The smallest absolute Gasteiger partial charge is 0.325 e. The van der Waals surface area contributed by atoms with Crippen LogP contribution in [0.15, 0.2) is 14.7 Å². The zero-order valence-corrected chi connectivity index (χ0v) is 13.9. The van der Waals surface area contributed by atoms with Crippen molar-refractivity contribution in [1.82, 2.24) is 4.72 Å². The van der Waals surface area contributed by atoms with E-state index in [-0.39, 0.29) is 31.0 Å². The van der Waals surface area contributed by atoms with Crippen molar-refractivity contribution >= 4 is 43.3 Å². The van der Waals surface area contributed by atoms with Crippen LogP contribution in [0.2, 0.25) is 0 Å². The molecular weight excluding hydrogens is 370 g/mol.